The second-order valence-electron chi connectivity index (χ2n) is 5.39. The topological polar surface area (TPSA) is 92.5 Å². The summed E-state index contributed by atoms with van der Waals surface area (Å²) in [7, 11) is -2.15. The number of carbonyl (C=O) groups excluding carboxylic acids is 1. The first-order chi connectivity index (χ1) is 9.77. The molecule has 2 unspecified atom stereocenters. The third-order valence-corrected chi connectivity index (χ3v) is 5.39. The van der Waals surface area contributed by atoms with Crippen molar-refractivity contribution >= 4 is 21.6 Å². The number of nitrogens with one attached hydrogen (secondary N) is 1. The summed E-state index contributed by atoms with van der Waals surface area (Å²) in [6, 6.07) is 4.64. The van der Waals surface area contributed by atoms with Crippen LogP contribution in [0.4, 0.5) is 5.69 Å². The molecule has 1 heterocycles. The summed E-state index contributed by atoms with van der Waals surface area (Å²) < 4.78 is 26.1. The lowest BCUT2D eigenvalue weighted by molar-refractivity contribution is -0.122. The zero-order chi connectivity index (χ0) is 15.8. The normalized spacial score (nSPS) is 17.4. The zero-order valence-electron chi connectivity index (χ0n) is 12.5. The molecule has 0 bridgehead atoms. The van der Waals surface area contributed by atoms with Gasteiger partial charge in [0.2, 0.25) is 15.9 Å². The van der Waals surface area contributed by atoms with E-state index in [0.29, 0.717) is 12.2 Å². The molecule has 0 saturated heterocycles. The van der Waals surface area contributed by atoms with Gasteiger partial charge in [0.05, 0.1) is 10.8 Å². The fourth-order valence-electron chi connectivity index (χ4n) is 2.34. The van der Waals surface area contributed by atoms with Gasteiger partial charge in [-0.05, 0) is 38.1 Å². The number of anilines is 1. The predicted octanol–water partition coefficient (Wildman–Crippen LogP) is 0.467. The van der Waals surface area contributed by atoms with Crippen LogP contribution in [0.3, 0.4) is 0 Å². The molecule has 1 aliphatic rings. The minimum atomic E-state index is -3.52. The summed E-state index contributed by atoms with van der Waals surface area (Å²) in [5.74, 6) is -0.372. The van der Waals surface area contributed by atoms with Crippen LogP contribution in [-0.2, 0) is 21.2 Å². The lowest BCUT2D eigenvalue weighted by atomic mass is 10.0. The minimum absolute atomic E-state index is 0.0669. The molecule has 2 atom stereocenters. The van der Waals surface area contributed by atoms with Gasteiger partial charge in [0, 0.05) is 18.3 Å². The monoisotopic (exact) mass is 311 g/mol. The highest BCUT2D eigenvalue weighted by atomic mass is 32.2. The van der Waals surface area contributed by atoms with Gasteiger partial charge in [0.1, 0.15) is 0 Å². The van der Waals surface area contributed by atoms with E-state index in [1.54, 1.807) is 36.9 Å². The van der Waals surface area contributed by atoms with E-state index in [4.69, 9.17) is 5.73 Å². The van der Waals surface area contributed by atoms with Crippen molar-refractivity contribution < 1.29 is 13.2 Å². The van der Waals surface area contributed by atoms with Crippen molar-refractivity contribution in [3.05, 3.63) is 23.8 Å². The number of fused-ring (bicyclic) bond motifs is 1. The van der Waals surface area contributed by atoms with E-state index >= 15 is 0 Å². The number of sulfonamides is 1. The Labute approximate surface area is 125 Å². The third kappa shape index (κ3) is 2.95. The molecule has 2 rings (SSSR count). The van der Waals surface area contributed by atoms with E-state index in [-0.39, 0.29) is 22.8 Å². The van der Waals surface area contributed by atoms with Crippen molar-refractivity contribution in [3.63, 3.8) is 0 Å². The molecule has 21 heavy (non-hydrogen) atoms. The maximum absolute atomic E-state index is 12.5. The van der Waals surface area contributed by atoms with Gasteiger partial charge in [-0.15, -0.1) is 0 Å². The molecule has 6 nitrogen and oxygen atoms in total. The first-order valence-corrected chi connectivity index (χ1v) is 8.39. The number of hydrogen-bond acceptors (Lipinski definition) is 4. The summed E-state index contributed by atoms with van der Waals surface area (Å²) in [6.07, 6.45) is 0.729. The van der Waals surface area contributed by atoms with Crippen molar-refractivity contribution in [2.24, 2.45) is 11.7 Å². The smallest absolute Gasteiger partial charge is 0.240 e. The number of rotatable bonds is 4. The van der Waals surface area contributed by atoms with Crippen LogP contribution >= 0.6 is 0 Å². The van der Waals surface area contributed by atoms with Crippen LogP contribution in [0.5, 0.6) is 0 Å². The third-order valence-electron chi connectivity index (χ3n) is 3.98. The van der Waals surface area contributed by atoms with E-state index in [1.165, 1.54) is 7.05 Å². The molecule has 1 aliphatic heterocycles. The van der Waals surface area contributed by atoms with Crippen molar-refractivity contribution in [1.29, 1.82) is 0 Å². The molecule has 1 aromatic carbocycles. The van der Waals surface area contributed by atoms with Gasteiger partial charge in [-0.3, -0.25) is 4.79 Å². The molecule has 0 saturated carbocycles. The Hall–Kier alpha value is -1.44. The highest BCUT2D eigenvalue weighted by Crippen LogP contribution is 2.31. The van der Waals surface area contributed by atoms with E-state index in [1.807, 2.05) is 0 Å². The Kier molecular flexibility index (Phi) is 4.36. The summed E-state index contributed by atoms with van der Waals surface area (Å²) in [6.45, 7) is 4.15. The number of benzene rings is 1. The fourth-order valence-corrected chi connectivity index (χ4v) is 3.09. The summed E-state index contributed by atoms with van der Waals surface area (Å²) >= 11 is 0. The van der Waals surface area contributed by atoms with E-state index in [0.717, 1.165) is 12.0 Å². The van der Waals surface area contributed by atoms with E-state index < -0.39 is 10.0 Å². The lowest BCUT2D eigenvalue weighted by Crippen LogP contribution is -2.41. The molecule has 0 fully saturated rings. The molecule has 7 heteroatoms. The van der Waals surface area contributed by atoms with Gasteiger partial charge in [-0.1, -0.05) is 13.0 Å². The largest absolute Gasteiger partial charge is 0.327 e. The molecule has 0 aromatic heterocycles. The summed E-state index contributed by atoms with van der Waals surface area (Å²) in [4.78, 5) is 14.3. The maximum atomic E-state index is 12.5. The number of carbonyl (C=O) groups is 1. The number of nitrogens with two attached hydrogens (primary N) is 1. The van der Waals surface area contributed by atoms with Gasteiger partial charge in [-0.2, -0.15) is 0 Å². The van der Waals surface area contributed by atoms with Crippen molar-refractivity contribution in [3.8, 4) is 0 Å². The Bertz CT molecular complexity index is 655. The van der Waals surface area contributed by atoms with Crippen LogP contribution in [0, 0.1) is 5.92 Å². The average molecular weight is 311 g/mol. The first kappa shape index (κ1) is 15.9. The maximum Gasteiger partial charge on any atom is 0.240 e. The van der Waals surface area contributed by atoms with Crippen molar-refractivity contribution in [2.75, 3.05) is 18.5 Å². The van der Waals surface area contributed by atoms with Crippen LogP contribution < -0.4 is 15.4 Å². The predicted molar refractivity (Wildman–Crippen MR) is 81.6 cm³/mol. The number of hydrogen-bond donors (Lipinski definition) is 2. The minimum Gasteiger partial charge on any atom is -0.327 e. The zero-order valence-corrected chi connectivity index (χ0v) is 13.3. The summed E-state index contributed by atoms with van der Waals surface area (Å²) in [5, 5.41) is 0. The van der Waals surface area contributed by atoms with Crippen LogP contribution in [0.15, 0.2) is 23.1 Å². The van der Waals surface area contributed by atoms with Gasteiger partial charge >= 0.3 is 0 Å². The SMILES string of the molecule is CNS(=O)(=O)c1ccc2c(c1)N(C(=O)C(C)C(C)N)CC2. The summed E-state index contributed by atoms with van der Waals surface area (Å²) in [5.41, 5.74) is 7.44. The average Bonchev–Trinajstić information content (AvgIpc) is 2.88. The first-order valence-electron chi connectivity index (χ1n) is 6.91. The molecule has 3 N–H and O–H groups in total. The molecule has 0 aliphatic carbocycles. The van der Waals surface area contributed by atoms with Crippen molar-refractivity contribution in [2.45, 2.75) is 31.2 Å². The Morgan fingerprint density at radius 1 is 1.38 bits per heavy atom. The quantitative estimate of drug-likeness (QED) is 0.845. The standard InChI is InChI=1S/C14H21N3O3S/c1-9(10(2)15)14(18)17-7-6-11-4-5-12(8-13(11)17)21(19,20)16-3/h4-5,8-10,16H,6-7,15H2,1-3H3. The second kappa shape index (κ2) is 5.75. The highest BCUT2D eigenvalue weighted by molar-refractivity contribution is 7.89. The van der Waals surface area contributed by atoms with Crippen LogP contribution in [0.25, 0.3) is 0 Å². The molecular weight excluding hydrogens is 290 g/mol. The Morgan fingerprint density at radius 2 is 2.05 bits per heavy atom. The molecular formula is C14H21N3O3S. The molecule has 1 amide bonds. The molecule has 0 radical (unpaired) electrons. The van der Waals surface area contributed by atoms with E-state index in [9.17, 15) is 13.2 Å². The van der Waals surface area contributed by atoms with Crippen LogP contribution in [0.2, 0.25) is 0 Å². The number of nitrogens with zero attached hydrogens (tertiary/aromatic N) is 1. The molecule has 1 aromatic rings. The van der Waals surface area contributed by atoms with Crippen molar-refractivity contribution in [1.82, 2.24) is 4.72 Å². The van der Waals surface area contributed by atoms with Crippen LogP contribution in [0.1, 0.15) is 19.4 Å². The Morgan fingerprint density at radius 3 is 2.62 bits per heavy atom. The highest BCUT2D eigenvalue weighted by Gasteiger charge is 2.30. The van der Waals surface area contributed by atoms with Gasteiger partial charge in [0.15, 0.2) is 0 Å². The second-order valence-corrected chi connectivity index (χ2v) is 7.27. The molecule has 0 spiro atoms. The van der Waals surface area contributed by atoms with Crippen LogP contribution in [-0.4, -0.2) is 34.0 Å². The van der Waals surface area contributed by atoms with Gasteiger partial charge < -0.3 is 10.6 Å². The molecule has 116 valence electrons. The lowest BCUT2D eigenvalue weighted by Gasteiger charge is -2.24. The number of amides is 1. The van der Waals surface area contributed by atoms with Gasteiger partial charge in [-0.25, -0.2) is 13.1 Å². The van der Waals surface area contributed by atoms with E-state index in [2.05, 4.69) is 4.72 Å². The Balaban J connectivity index is 2.39. The fraction of sp³-hybridized carbons (Fsp3) is 0.500. The van der Waals surface area contributed by atoms with Gasteiger partial charge in [0.25, 0.3) is 0 Å².